The highest BCUT2D eigenvalue weighted by molar-refractivity contribution is 7.17. The van der Waals surface area contributed by atoms with Crippen molar-refractivity contribution in [3.63, 3.8) is 0 Å². The quantitative estimate of drug-likeness (QED) is 0.465. The molecule has 1 aliphatic rings. The largest absolute Gasteiger partial charge is 0.378 e. The first-order valence-corrected chi connectivity index (χ1v) is 6.32. The average molecular weight is 256 g/mol. The molecule has 0 aliphatic carbocycles. The number of hydrogen-bond acceptors (Lipinski definition) is 6. The molecule has 94 valence electrons. The van der Waals surface area contributed by atoms with E-state index in [0.29, 0.717) is 17.2 Å². The molecule has 0 radical (unpaired) electrons. The number of amides is 1. The number of carbonyl (C=O) groups is 1. The van der Waals surface area contributed by atoms with Crippen LogP contribution in [0.4, 0.5) is 5.13 Å². The maximum absolute atomic E-state index is 11.6. The van der Waals surface area contributed by atoms with Crippen LogP contribution in [0.2, 0.25) is 0 Å². The number of nitrogens with zero attached hydrogens (tertiary/aromatic N) is 2. The normalized spacial score (nSPS) is 15.3. The number of nitrogen functional groups attached to an aromatic ring is 1. The molecule has 6 nitrogen and oxygen atoms in total. The summed E-state index contributed by atoms with van der Waals surface area (Å²) >= 11 is 1.37. The third kappa shape index (κ3) is 2.56. The molecule has 1 aromatic rings. The highest BCUT2D eigenvalue weighted by Gasteiger charge is 2.22. The predicted molar refractivity (Wildman–Crippen MR) is 65.9 cm³/mol. The lowest BCUT2D eigenvalue weighted by Crippen LogP contribution is -2.30. The van der Waals surface area contributed by atoms with Crippen LogP contribution in [-0.4, -0.2) is 31.1 Å². The summed E-state index contributed by atoms with van der Waals surface area (Å²) in [6.45, 7) is 2.33. The van der Waals surface area contributed by atoms with Crippen LogP contribution in [0.1, 0.15) is 28.2 Å². The van der Waals surface area contributed by atoms with Gasteiger partial charge in [-0.2, -0.15) is 0 Å². The number of aromatic nitrogens is 1. The van der Waals surface area contributed by atoms with Crippen LogP contribution in [0.3, 0.4) is 0 Å². The van der Waals surface area contributed by atoms with Crippen LogP contribution in [0.15, 0.2) is 0 Å². The zero-order chi connectivity index (χ0) is 12.3. The predicted octanol–water partition coefficient (Wildman–Crippen LogP) is 0.493. The molecule has 2 rings (SSSR count). The summed E-state index contributed by atoms with van der Waals surface area (Å²) in [6, 6.07) is 0. The van der Waals surface area contributed by atoms with Gasteiger partial charge < -0.3 is 9.64 Å². The third-order valence-electron chi connectivity index (χ3n) is 2.68. The Morgan fingerprint density at radius 2 is 2.29 bits per heavy atom. The summed E-state index contributed by atoms with van der Waals surface area (Å²) in [5.41, 5.74) is 2.80. The number of hydrazine groups is 1. The smallest absolute Gasteiger partial charge is 0.277 e. The molecule has 0 aromatic carbocycles. The van der Waals surface area contributed by atoms with Gasteiger partial charge in [0.05, 0.1) is 12.3 Å². The van der Waals surface area contributed by atoms with Gasteiger partial charge >= 0.3 is 0 Å². The van der Waals surface area contributed by atoms with Crippen molar-refractivity contribution in [2.24, 2.45) is 5.84 Å². The van der Waals surface area contributed by atoms with E-state index in [1.165, 1.54) is 24.2 Å². The molecular weight excluding hydrogens is 240 g/mol. The Bertz CT molecular complexity index is 401. The Kier molecular flexibility index (Phi) is 3.93. The van der Waals surface area contributed by atoms with Crippen molar-refractivity contribution in [2.75, 3.05) is 25.1 Å². The maximum Gasteiger partial charge on any atom is 0.277 e. The van der Waals surface area contributed by atoms with Gasteiger partial charge in [0.15, 0.2) is 5.13 Å². The fourth-order valence-corrected chi connectivity index (χ4v) is 2.88. The van der Waals surface area contributed by atoms with Gasteiger partial charge in [-0.05, 0) is 12.8 Å². The fraction of sp³-hybridized carbons (Fsp3) is 0.600. The highest BCUT2D eigenvalue weighted by Crippen LogP contribution is 2.29. The minimum atomic E-state index is -0.306. The van der Waals surface area contributed by atoms with Crippen molar-refractivity contribution < 1.29 is 9.53 Å². The molecular formula is C10H16N4O2S. The zero-order valence-electron chi connectivity index (χ0n) is 9.73. The van der Waals surface area contributed by atoms with E-state index in [0.717, 1.165) is 18.2 Å². The summed E-state index contributed by atoms with van der Waals surface area (Å²) in [5, 5.41) is 0.883. The number of nitrogens with one attached hydrogen (secondary N) is 1. The Balaban J connectivity index is 2.26. The lowest BCUT2D eigenvalue weighted by molar-refractivity contribution is 0.0952. The molecule has 1 amide bonds. The van der Waals surface area contributed by atoms with E-state index < -0.39 is 0 Å². The van der Waals surface area contributed by atoms with Crippen LogP contribution in [0.5, 0.6) is 0 Å². The van der Waals surface area contributed by atoms with Crippen molar-refractivity contribution in [1.82, 2.24) is 10.4 Å². The van der Waals surface area contributed by atoms with E-state index in [1.807, 2.05) is 0 Å². The first kappa shape index (κ1) is 12.3. The molecule has 1 saturated heterocycles. The van der Waals surface area contributed by atoms with Gasteiger partial charge in [-0.3, -0.25) is 10.2 Å². The van der Waals surface area contributed by atoms with Gasteiger partial charge in [0.2, 0.25) is 0 Å². The summed E-state index contributed by atoms with van der Waals surface area (Å²) in [4.78, 5) is 18.8. The second-order valence-electron chi connectivity index (χ2n) is 3.87. The lowest BCUT2D eigenvalue weighted by atomic mass is 10.3. The van der Waals surface area contributed by atoms with Gasteiger partial charge in [-0.25, -0.2) is 10.8 Å². The fourth-order valence-electron chi connectivity index (χ4n) is 1.86. The van der Waals surface area contributed by atoms with Crippen molar-refractivity contribution in [2.45, 2.75) is 19.4 Å². The van der Waals surface area contributed by atoms with Crippen LogP contribution in [0.25, 0.3) is 0 Å². The molecule has 1 aliphatic heterocycles. The molecule has 2 heterocycles. The van der Waals surface area contributed by atoms with Crippen LogP contribution < -0.4 is 16.2 Å². The number of carbonyl (C=O) groups excluding carboxylic acids is 1. The summed E-state index contributed by atoms with van der Waals surface area (Å²) < 4.78 is 5.04. The maximum atomic E-state index is 11.6. The van der Waals surface area contributed by atoms with E-state index in [2.05, 4.69) is 15.3 Å². The van der Waals surface area contributed by atoms with Crippen molar-refractivity contribution >= 4 is 22.4 Å². The Hall–Kier alpha value is -1.18. The number of ether oxygens (including phenoxy) is 1. The molecule has 1 aromatic heterocycles. The number of rotatable bonds is 4. The Labute approximate surface area is 104 Å². The van der Waals surface area contributed by atoms with Crippen LogP contribution >= 0.6 is 11.3 Å². The SMILES string of the molecule is COCc1nc(N2CCCC2)sc1C(=O)NN. The molecule has 17 heavy (non-hydrogen) atoms. The van der Waals surface area contributed by atoms with Gasteiger partial charge in [0, 0.05) is 20.2 Å². The molecule has 1 fully saturated rings. The Morgan fingerprint density at radius 3 is 2.88 bits per heavy atom. The minimum Gasteiger partial charge on any atom is -0.378 e. The summed E-state index contributed by atoms with van der Waals surface area (Å²) in [7, 11) is 1.58. The number of thiazole rings is 1. The number of hydrogen-bond donors (Lipinski definition) is 2. The van der Waals surface area contributed by atoms with E-state index in [1.54, 1.807) is 7.11 Å². The van der Waals surface area contributed by atoms with Crippen molar-refractivity contribution in [1.29, 1.82) is 0 Å². The van der Waals surface area contributed by atoms with Gasteiger partial charge in [0.1, 0.15) is 4.88 Å². The van der Waals surface area contributed by atoms with Crippen LogP contribution in [-0.2, 0) is 11.3 Å². The summed E-state index contributed by atoms with van der Waals surface area (Å²) in [5.74, 6) is 4.85. The average Bonchev–Trinajstić information content (AvgIpc) is 2.96. The van der Waals surface area contributed by atoms with Crippen molar-refractivity contribution in [3.05, 3.63) is 10.6 Å². The Morgan fingerprint density at radius 1 is 1.59 bits per heavy atom. The van der Waals surface area contributed by atoms with Gasteiger partial charge in [0.25, 0.3) is 5.91 Å². The molecule has 0 unspecified atom stereocenters. The van der Waals surface area contributed by atoms with Crippen LogP contribution in [0, 0.1) is 0 Å². The highest BCUT2D eigenvalue weighted by atomic mass is 32.1. The molecule has 0 spiro atoms. The topological polar surface area (TPSA) is 80.5 Å². The third-order valence-corrected chi connectivity index (χ3v) is 3.84. The summed E-state index contributed by atoms with van der Waals surface area (Å²) in [6.07, 6.45) is 2.36. The first-order valence-electron chi connectivity index (χ1n) is 5.50. The van der Waals surface area contributed by atoms with E-state index in [9.17, 15) is 4.79 Å². The number of anilines is 1. The van der Waals surface area contributed by atoms with E-state index in [4.69, 9.17) is 10.6 Å². The molecule has 0 saturated carbocycles. The first-order chi connectivity index (χ1) is 8.26. The molecule has 0 atom stereocenters. The van der Waals surface area contributed by atoms with Crippen molar-refractivity contribution in [3.8, 4) is 0 Å². The second-order valence-corrected chi connectivity index (χ2v) is 4.85. The number of nitrogens with two attached hydrogens (primary N) is 1. The standard InChI is InChI=1S/C10H16N4O2S/c1-16-6-7-8(9(15)13-11)17-10(12-7)14-4-2-3-5-14/h2-6,11H2,1H3,(H,13,15). The van der Waals surface area contributed by atoms with Gasteiger partial charge in [-0.1, -0.05) is 11.3 Å². The van der Waals surface area contributed by atoms with Gasteiger partial charge in [-0.15, -0.1) is 0 Å². The minimum absolute atomic E-state index is 0.306. The second kappa shape index (κ2) is 5.44. The van der Waals surface area contributed by atoms with E-state index >= 15 is 0 Å². The zero-order valence-corrected chi connectivity index (χ0v) is 10.5. The monoisotopic (exact) mass is 256 g/mol. The van der Waals surface area contributed by atoms with E-state index in [-0.39, 0.29) is 5.91 Å². The molecule has 0 bridgehead atoms. The lowest BCUT2D eigenvalue weighted by Gasteiger charge is -2.12. The molecule has 3 N–H and O–H groups in total. The molecule has 7 heteroatoms. The number of methoxy groups -OCH3 is 1.